The van der Waals surface area contributed by atoms with Crippen LogP contribution in [-0.2, 0) is 9.53 Å². The van der Waals surface area contributed by atoms with Gasteiger partial charge in [-0.2, -0.15) is 0 Å². The van der Waals surface area contributed by atoms with Crippen molar-refractivity contribution in [2.24, 2.45) is 5.92 Å². The number of ether oxygens (including phenoxy) is 1. The van der Waals surface area contributed by atoms with Gasteiger partial charge in [-0.25, -0.2) is 4.39 Å². The lowest BCUT2D eigenvalue weighted by molar-refractivity contribution is -0.116. The number of hydrogen-bond donors (Lipinski definition) is 3. The zero-order chi connectivity index (χ0) is 13.5. The van der Waals surface area contributed by atoms with Gasteiger partial charge in [-0.3, -0.25) is 4.79 Å². The van der Waals surface area contributed by atoms with Crippen LogP contribution in [0.4, 0.5) is 4.39 Å². The third-order valence-corrected chi connectivity index (χ3v) is 3.46. The van der Waals surface area contributed by atoms with E-state index < -0.39 is 36.5 Å². The molecular weight excluding hydrogens is 241 g/mol. The number of halogens is 1. The van der Waals surface area contributed by atoms with Crippen molar-refractivity contribution in [2.75, 3.05) is 6.61 Å². The molecule has 0 aliphatic carbocycles. The first-order chi connectivity index (χ1) is 8.37. The summed E-state index contributed by atoms with van der Waals surface area (Å²) in [7, 11) is 0. The third-order valence-electron chi connectivity index (χ3n) is 3.46. The topological polar surface area (TPSA) is 78.8 Å². The van der Waals surface area contributed by atoms with Gasteiger partial charge in [0.25, 0.3) is 0 Å². The van der Waals surface area contributed by atoms with Crippen molar-refractivity contribution in [3.05, 3.63) is 24.4 Å². The number of aliphatic hydroxyl groups excluding tert-OH is 2. The van der Waals surface area contributed by atoms with Crippen molar-refractivity contribution in [1.82, 2.24) is 5.32 Å². The Kier molecular flexibility index (Phi) is 3.27. The lowest BCUT2D eigenvalue weighted by Crippen LogP contribution is -2.47. The van der Waals surface area contributed by atoms with Gasteiger partial charge in [0.05, 0.1) is 6.61 Å². The maximum Gasteiger partial charge on any atom is 0.247 e. The number of hydrogen-bond acceptors (Lipinski definition) is 4. The molecule has 0 bridgehead atoms. The van der Waals surface area contributed by atoms with Crippen molar-refractivity contribution in [3.63, 3.8) is 0 Å². The van der Waals surface area contributed by atoms with Crippen molar-refractivity contribution >= 4 is 5.91 Å². The molecule has 0 aromatic rings. The highest BCUT2D eigenvalue weighted by Crippen LogP contribution is 2.40. The van der Waals surface area contributed by atoms with E-state index in [1.165, 1.54) is 19.1 Å². The first kappa shape index (κ1) is 13.2. The summed E-state index contributed by atoms with van der Waals surface area (Å²) < 4.78 is 19.8. The van der Waals surface area contributed by atoms with Gasteiger partial charge in [-0.1, -0.05) is 12.7 Å². The van der Waals surface area contributed by atoms with Crippen molar-refractivity contribution in [2.45, 2.75) is 30.9 Å². The van der Waals surface area contributed by atoms with Crippen LogP contribution in [0.2, 0.25) is 0 Å². The molecule has 0 spiro atoms. The number of aliphatic hydroxyl groups is 2. The van der Waals surface area contributed by atoms with E-state index in [9.17, 15) is 14.3 Å². The highest BCUT2D eigenvalue weighted by Gasteiger charge is 2.56. The third kappa shape index (κ3) is 1.96. The molecule has 0 radical (unpaired) electrons. The predicted octanol–water partition coefficient (Wildman–Crippen LogP) is -0.349. The molecule has 1 fully saturated rings. The summed E-state index contributed by atoms with van der Waals surface area (Å²) in [6.07, 6.45) is -0.600. The fourth-order valence-electron chi connectivity index (χ4n) is 2.38. The summed E-state index contributed by atoms with van der Waals surface area (Å²) in [6.45, 7) is 4.41. The van der Waals surface area contributed by atoms with Gasteiger partial charge in [-0.05, 0) is 6.92 Å². The predicted molar refractivity (Wildman–Crippen MR) is 61.2 cm³/mol. The second-order valence-electron chi connectivity index (χ2n) is 4.77. The zero-order valence-corrected chi connectivity index (χ0v) is 9.97. The fourth-order valence-corrected chi connectivity index (χ4v) is 2.38. The Balaban J connectivity index is 2.26. The number of carbonyl (C=O) groups is 1. The van der Waals surface area contributed by atoms with E-state index in [1.807, 2.05) is 0 Å². The van der Waals surface area contributed by atoms with Gasteiger partial charge in [0.1, 0.15) is 18.3 Å². The van der Waals surface area contributed by atoms with Crippen LogP contribution in [0.5, 0.6) is 0 Å². The summed E-state index contributed by atoms with van der Waals surface area (Å²) in [5.74, 6) is -0.891. The standard InChI is InChI=1S/C12H16FNO4/c1-6-7(3-4-9(16)14-6)11-12(2,13)10(17)8(5-15)18-11/h3-4,7-8,10-11,15,17H,1,5H2,2H3,(H,14,16). The van der Waals surface area contributed by atoms with Crippen LogP contribution < -0.4 is 5.32 Å². The molecule has 18 heavy (non-hydrogen) atoms. The number of alkyl halides is 1. The SMILES string of the molecule is C=C1NC(=O)C=CC1C1OC(CO)C(O)C1(C)F. The summed E-state index contributed by atoms with van der Waals surface area (Å²) in [5.41, 5.74) is -1.70. The van der Waals surface area contributed by atoms with Gasteiger partial charge in [-0.15, -0.1) is 0 Å². The molecule has 2 heterocycles. The van der Waals surface area contributed by atoms with Crippen LogP contribution in [0.1, 0.15) is 6.92 Å². The van der Waals surface area contributed by atoms with Crippen LogP contribution >= 0.6 is 0 Å². The van der Waals surface area contributed by atoms with E-state index in [4.69, 9.17) is 9.84 Å². The Bertz CT molecular complexity index is 407. The van der Waals surface area contributed by atoms with Gasteiger partial charge in [0.2, 0.25) is 5.91 Å². The highest BCUT2D eigenvalue weighted by molar-refractivity contribution is 5.90. The average Bonchev–Trinajstić information content (AvgIpc) is 2.52. The number of amides is 1. The van der Waals surface area contributed by atoms with E-state index in [0.717, 1.165) is 0 Å². The Labute approximate surface area is 104 Å². The largest absolute Gasteiger partial charge is 0.394 e. The summed E-state index contributed by atoms with van der Waals surface area (Å²) in [4.78, 5) is 11.1. The maximum absolute atomic E-state index is 14.5. The maximum atomic E-state index is 14.5. The molecule has 5 unspecified atom stereocenters. The molecule has 2 rings (SSSR count). The molecule has 0 aromatic carbocycles. The van der Waals surface area contributed by atoms with Crippen LogP contribution in [-0.4, -0.2) is 46.7 Å². The molecule has 5 atom stereocenters. The molecule has 100 valence electrons. The molecule has 5 nitrogen and oxygen atoms in total. The van der Waals surface area contributed by atoms with E-state index in [0.29, 0.717) is 5.70 Å². The van der Waals surface area contributed by atoms with Crippen LogP contribution in [0.25, 0.3) is 0 Å². The number of rotatable bonds is 2. The normalized spacial score (nSPS) is 44.2. The molecule has 2 aliphatic rings. The Morgan fingerprint density at radius 3 is 2.83 bits per heavy atom. The number of carbonyl (C=O) groups excluding carboxylic acids is 1. The van der Waals surface area contributed by atoms with Crippen LogP contribution in [0.15, 0.2) is 24.4 Å². The smallest absolute Gasteiger partial charge is 0.247 e. The second-order valence-corrected chi connectivity index (χ2v) is 4.77. The zero-order valence-electron chi connectivity index (χ0n) is 9.97. The van der Waals surface area contributed by atoms with Gasteiger partial charge in [0.15, 0.2) is 5.67 Å². The highest BCUT2D eigenvalue weighted by atomic mass is 19.1. The van der Waals surface area contributed by atoms with Crippen LogP contribution in [0, 0.1) is 5.92 Å². The van der Waals surface area contributed by atoms with Crippen molar-refractivity contribution in [3.8, 4) is 0 Å². The molecule has 1 amide bonds. The summed E-state index contributed by atoms with van der Waals surface area (Å²) in [5, 5.41) is 21.3. The monoisotopic (exact) mass is 257 g/mol. The van der Waals surface area contributed by atoms with Crippen molar-refractivity contribution in [1.29, 1.82) is 0 Å². The Morgan fingerprint density at radius 1 is 1.67 bits per heavy atom. The minimum Gasteiger partial charge on any atom is -0.394 e. The lowest BCUT2D eigenvalue weighted by Gasteiger charge is -2.31. The lowest BCUT2D eigenvalue weighted by atomic mass is 9.84. The van der Waals surface area contributed by atoms with Gasteiger partial charge in [0, 0.05) is 17.7 Å². The molecule has 1 saturated heterocycles. The Morgan fingerprint density at radius 2 is 2.33 bits per heavy atom. The minimum atomic E-state index is -2.02. The summed E-state index contributed by atoms with van der Waals surface area (Å²) >= 11 is 0. The quantitative estimate of drug-likeness (QED) is 0.632. The second kappa shape index (κ2) is 4.46. The molecule has 0 saturated carbocycles. The molecule has 3 N–H and O–H groups in total. The van der Waals surface area contributed by atoms with E-state index >= 15 is 0 Å². The van der Waals surface area contributed by atoms with E-state index in [1.54, 1.807) is 0 Å². The summed E-state index contributed by atoms with van der Waals surface area (Å²) in [6, 6.07) is 0. The minimum absolute atomic E-state index is 0.321. The van der Waals surface area contributed by atoms with E-state index in [-0.39, 0.29) is 5.91 Å². The number of nitrogens with one attached hydrogen (secondary N) is 1. The first-order valence-electron chi connectivity index (χ1n) is 5.69. The van der Waals surface area contributed by atoms with Gasteiger partial charge < -0.3 is 20.3 Å². The first-order valence-corrected chi connectivity index (χ1v) is 5.69. The fraction of sp³-hybridized carbons (Fsp3) is 0.583. The van der Waals surface area contributed by atoms with Crippen molar-refractivity contribution < 1.29 is 24.1 Å². The molecule has 2 aliphatic heterocycles. The molecule has 6 heteroatoms. The van der Waals surface area contributed by atoms with Gasteiger partial charge >= 0.3 is 0 Å². The Hall–Kier alpha value is -1.24. The average molecular weight is 257 g/mol. The van der Waals surface area contributed by atoms with E-state index in [2.05, 4.69) is 11.9 Å². The molecular formula is C12H16FNO4. The van der Waals surface area contributed by atoms with Crippen LogP contribution in [0.3, 0.4) is 0 Å². The molecule has 0 aromatic heterocycles.